The van der Waals surface area contributed by atoms with E-state index in [0.717, 1.165) is 26.1 Å². The first-order valence-electron chi connectivity index (χ1n) is 7.65. The fourth-order valence-corrected chi connectivity index (χ4v) is 3.00. The van der Waals surface area contributed by atoms with Gasteiger partial charge in [0.2, 0.25) is 5.56 Å². The lowest BCUT2D eigenvalue weighted by Crippen LogP contribution is -2.56. The van der Waals surface area contributed by atoms with Crippen LogP contribution < -0.4 is 5.56 Å². The van der Waals surface area contributed by atoms with Gasteiger partial charge in [0, 0.05) is 51.0 Å². The summed E-state index contributed by atoms with van der Waals surface area (Å²) in [5.74, 6) is 0.0208. The second kappa shape index (κ2) is 6.43. The van der Waals surface area contributed by atoms with Crippen LogP contribution in [0, 0.1) is 0 Å². The standard InChI is InChI=1S/C16H25N3O2/c1-5-14-11-18(8-9-19(14)12(2)3)16(21)13-6-7-15(20)17(4)10-13/h6-7,10,12,14H,5,8-9,11H2,1-4H3. The molecule has 1 aliphatic rings. The maximum Gasteiger partial charge on any atom is 0.255 e. The average molecular weight is 291 g/mol. The maximum absolute atomic E-state index is 12.6. The largest absolute Gasteiger partial charge is 0.336 e. The minimum absolute atomic E-state index is 0.0208. The van der Waals surface area contributed by atoms with E-state index in [1.165, 1.54) is 10.6 Å². The first kappa shape index (κ1) is 15.8. The van der Waals surface area contributed by atoms with Crippen molar-refractivity contribution in [3.05, 3.63) is 34.2 Å². The van der Waals surface area contributed by atoms with Crippen molar-refractivity contribution < 1.29 is 4.79 Å². The zero-order valence-electron chi connectivity index (χ0n) is 13.4. The summed E-state index contributed by atoms with van der Waals surface area (Å²) in [7, 11) is 1.67. The van der Waals surface area contributed by atoms with Crippen LogP contribution in [-0.4, -0.2) is 52.0 Å². The van der Waals surface area contributed by atoms with Crippen molar-refractivity contribution in [1.82, 2.24) is 14.4 Å². The van der Waals surface area contributed by atoms with E-state index in [9.17, 15) is 9.59 Å². The predicted molar refractivity (Wildman–Crippen MR) is 83.5 cm³/mol. The number of carbonyl (C=O) groups excluding carboxylic acids is 1. The van der Waals surface area contributed by atoms with E-state index in [1.54, 1.807) is 19.3 Å². The fraction of sp³-hybridized carbons (Fsp3) is 0.625. The molecular formula is C16H25N3O2. The maximum atomic E-state index is 12.6. The molecule has 0 radical (unpaired) electrons. The number of hydrogen-bond donors (Lipinski definition) is 0. The van der Waals surface area contributed by atoms with Crippen LogP contribution in [0.3, 0.4) is 0 Å². The first-order chi connectivity index (χ1) is 9.93. The molecule has 0 aromatic carbocycles. The lowest BCUT2D eigenvalue weighted by molar-refractivity contribution is 0.0371. The van der Waals surface area contributed by atoms with Crippen LogP contribution in [0.2, 0.25) is 0 Å². The number of pyridine rings is 1. The van der Waals surface area contributed by atoms with Crippen LogP contribution in [0.25, 0.3) is 0 Å². The lowest BCUT2D eigenvalue weighted by Gasteiger charge is -2.43. The smallest absolute Gasteiger partial charge is 0.255 e. The molecule has 5 nitrogen and oxygen atoms in total. The van der Waals surface area contributed by atoms with Gasteiger partial charge >= 0.3 is 0 Å². The normalized spacial score (nSPS) is 20.0. The third-order valence-corrected chi connectivity index (χ3v) is 4.28. The summed E-state index contributed by atoms with van der Waals surface area (Å²) in [4.78, 5) is 28.4. The Hall–Kier alpha value is -1.62. The van der Waals surface area contributed by atoms with E-state index in [-0.39, 0.29) is 11.5 Å². The summed E-state index contributed by atoms with van der Waals surface area (Å²) in [5, 5.41) is 0. The van der Waals surface area contributed by atoms with Gasteiger partial charge in [0.15, 0.2) is 0 Å². The van der Waals surface area contributed by atoms with Crippen LogP contribution >= 0.6 is 0 Å². The van der Waals surface area contributed by atoms with Crippen molar-refractivity contribution in [2.75, 3.05) is 19.6 Å². The van der Waals surface area contributed by atoms with Crippen molar-refractivity contribution in [3.63, 3.8) is 0 Å². The Morgan fingerprint density at radius 1 is 1.33 bits per heavy atom. The van der Waals surface area contributed by atoms with Gasteiger partial charge < -0.3 is 9.47 Å². The van der Waals surface area contributed by atoms with Crippen molar-refractivity contribution in [2.45, 2.75) is 39.3 Å². The molecule has 2 heterocycles. The highest BCUT2D eigenvalue weighted by molar-refractivity contribution is 5.94. The fourth-order valence-electron chi connectivity index (χ4n) is 3.00. The van der Waals surface area contributed by atoms with E-state index in [1.807, 2.05) is 4.90 Å². The average Bonchev–Trinajstić information content (AvgIpc) is 2.48. The van der Waals surface area contributed by atoms with E-state index in [2.05, 4.69) is 25.7 Å². The molecule has 0 spiro atoms. The molecule has 1 amide bonds. The minimum atomic E-state index is -0.0948. The molecule has 1 atom stereocenters. The van der Waals surface area contributed by atoms with Gasteiger partial charge in [-0.2, -0.15) is 0 Å². The molecule has 116 valence electrons. The Morgan fingerprint density at radius 3 is 2.62 bits per heavy atom. The molecule has 1 fully saturated rings. The molecular weight excluding hydrogens is 266 g/mol. The van der Waals surface area contributed by atoms with Crippen molar-refractivity contribution in [3.8, 4) is 0 Å². The number of aryl methyl sites for hydroxylation is 1. The predicted octanol–water partition coefficient (Wildman–Crippen LogP) is 1.33. The van der Waals surface area contributed by atoms with Crippen LogP contribution in [0.4, 0.5) is 0 Å². The number of piperazine rings is 1. The Kier molecular flexibility index (Phi) is 4.83. The van der Waals surface area contributed by atoms with Gasteiger partial charge in [-0.15, -0.1) is 0 Å². The highest BCUT2D eigenvalue weighted by Gasteiger charge is 2.30. The molecule has 0 saturated carbocycles. The summed E-state index contributed by atoms with van der Waals surface area (Å²) in [6, 6.07) is 4.00. The molecule has 5 heteroatoms. The number of hydrogen-bond acceptors (Lipinski definition) is 3. The summed E-state index contributed by atoms with van der Waals surface area (Å²) in [5.41, 5.74) is 0.493. The van der Waals surface area contributed by atoms with Gasteiger partial charge in [-0.25, -0.2) is 0 Å². The number of aromatic nitrogens is 1. The Morgan fingerprint density at radius 2 is 2.05 bits per heavy atom. The van der Waals surface area contributed by atoms with Crippen molar-refractivity contribution >= 4 is 5.91 Å². The molecule has 1 unspecified atom stereocenters. The van der Waals surface area contributed by atoms with Crippen LogP contribution in [0.15, 0.2) is 23.1 Å². The highest BCUT2D eigenvalue weighted by Crippen LogP contribution is 2.17. The number of amides is 1. The second-order valence-electron chi connectivity index (χ2n) is 6.01. The molecule has 0 N–H and O–H groups in total. The Labute approximate surface area is 126 Å². The van der Waals surface area contributed by atoms with Gasteiger partial charge in [-0.05, 0) is 26.3 Å². The zero-order valence-corrected chi connectivity index (χ0v) is 13.4. The Balaban J connectivity index is 2.13. The molecule has 1 aliphatic heterocycles. The molecule has 1 aromatic heterocycles. The summed E-state index contributed by atoms with van der Waals surface area (Å²) >= 11 is 0. The molecule has 1 saturated heterocycles. The summed E-state index contributed by atoms with van der Waals surface area (Å²) in [6.45, 7) is 8.99. The second-order valence-corrected chi connectivity index (χ2v) is 6.01. The number of rotatable bonds is 3. The van der Waals surface area contributed by atoms with Gasteiger partial charge in [-0.1, -0.05) is 6.92 Å². The third-order valence-electron chi connectivity index (χ3n) is 4.28. The van der Waals surface area contributed by atoms with E-state index >= 15 is 0 Å². The third kappa shape index (κ3) is 3.35. The first-order valence-corrected chi connectivity index (χ1v) is 7.65. The van der Waals surface area contributed by atoms with Gasteiger partial charge in [-0.3, -0.25) is 14.5 Å². The van der Waals surface area contributed by atoms with Gasteiger partial charge in [0.05, 0.1) is 5.56 Å². The number of nitrogens with zero attached hydrogens (tertiary/aromatic N) is 3. The van der Waals surface area contributed by atoms with Crippen LogP contribution in [0.5, 0.6) is 0 Å². The molecule has 2 rings (SSSR count). The SMILES string of the molecule is CCC1CN(C(=O)c2ccc(=O)n(C)c2)CCN1C(C)C. The van der Waals surface area contributed by atoms with Gasteiger partial charge in [0.25, 0.3) is 5.91 Å². The van der Waals surface area contributed by atoms with Gasteiger partial charge in [0.1, 0.15) is 0 Å². The van der Waals surface area contributed by atoms with Crippen LogP contribution in [-0.2, 0) is 7.05 Å². The summed E-state index contributed by atoms with van der Waals surface area (Å²) < 4.78 is 1.45. The topological polar surface area (TPSA) is 45.6 Å². The van der Waals surface area contributed by atoms with Crippen molar-refractivity contribution in [1.29, 1.82) is 0 Å². The highest BCUT2D eigenvalue weighted by atomic mass is 16.2. The van der Waals surface area contributed by atoms with E-state index in [0.29, 0.717) is 17.6 Å². The Bertz CT molecular complexity index is 565. The van der Waals surface area contributed by atoms with E-state index < -0.39 is 0 Å². The van der Waals surface area contributed by atoms with Crippen LogP contribution in [0.1, 0.15) is 37.6 Å². The molecule has 21 heavy (non-hydrogen) atoms. The molecule has 0 aliphatic carbocycles. The quantitative estimate of drug-likeness (QED) is 0.844. The number of carbonyl (C=O) groups is 1. The molecule has 0 bridgehead atoms. The molecule has 1 aromatic rings. The minimum Gasteiger partial charge on any atom is -0.336 e. The van der Waals surface area contributed by atoms with E-state index in [4.69, 9.17) is 0 Å². The summed E-state index contributed by atoms with van der Waals surface area (Å²) in [6.07, 6.45) is 2.66. The zero-order chi connectivity index (χ0) is 15.6. The lowest BCUT2D eigenvalue weighted by atomic mass is 10.1. The monoisotopic (exact) mass is 291 g/mol. The van der Waals surface area contributed by atoms with Crippen molar-refractivity contribution in [2.24, 2.45) is 7.05 Å².